The first-order chi connectivity index (χ1) is 13.6. The van der Waals surface area contributed by atoms with Gasteiger partial charge in [-0.1, -0.05) is 61.8 Å². The number of carboxylic acid groups (broad SMARTS) is 2. The van der Waals surface area contributed by atoms with Gasteiger partial charge in [-0.15, -0.1) is 0 Å². The number of thioether (sulfide) groups is 2. The lowest BCUT2D eigenvalue weighted by Gasteiger charge is -2.44. The summed E-state index contributed by atoms with van der Waals surface area (Å²) in [7, 11) is 0. The van der Waals surface area contributed by atoms with Crippen molar-refractivity contribution in [3.8, 4) is 0 Å². The zero-order valence-electron chi connectivity index (χ0n) is 16.7. The number of rotatable bonds is 10. The van der Waals surface area contributed by atoms with Gasteiger partial charge in [0.15, 0.2) is 0 Å². The molecule has 29 heavy (non-hydrogen) atoms. The molecular weight excluding hydrogens is 452 g/mol. The number of thiocarbonyl (C=S) groups is 2. The monoisotopic (exact) mass is 480 g/mol. The molecule has 8 nitrogen and oxygen atoms in total. The molecule has 2 aliphatic rings. The van der Waals surface area contributed by atoms with Crippen LogP contribution in [0.25, 0.3) is 0 Å². The van der Waals surface area contributed by atoms with E-state index in [0.717, 1.165) is 21.7 Å². The molecule has 2 aliphatic heterocycles. The van der Waals surface area contributed by atoms with E-state index in [1.54, 1.807) is 23.5 Å². The molecule has 164 valence electrons. The van der Waals surface area contributed by atoms with Gasteiger partial charge in [0.05, 0.1) is 37.9 Å². The molecule has 0 atom stereocenters. The Morgan fingerprint density at radius 3 is 1.62 bits per heavy atom. The second-order valence-corrected chi connectivity index (χ2v) is 11.2. The van der Waals surface area contributed by atoms with Crippen LogP contribution in [0.5, 0.6) is 0 Å². The van der Waals surface area contributed by atoms with Gasteiger partial charge in [-0.05, 0) is 5.41 Å². The highest BCUT2D eigenvalue weighted by Crippen LogP contribution is 2.28. The normalized spacial score (nSPS) is 19.7. The van der Waals surface area contributed by atoms with Crippen LogP contribution in [0.15, 0.2) is 0 Å². The minimum absolute atomic E-state index is 0.110. The van der Waals surface area contributed by atoms with Gasteiger partial charge in [0.25, 0.3) is 0 Å². The molecule has 0 unspecified atom stereocenters. The lowest BCUT2D eigenvalue weighted by Crippen LogP contribution is -2.53. The van der Waals surface area contributed by atoms with E-state index in [4.69, 9.17) is 34.6 Å². The Balaban J connectivity index is 1.91. The molecule has 0 bridgehead atoms. The minimum atomic E-state index is -0.793. The molecule has 0 aromatic carbocycles. The Morgan fingerprint density at radius 2 is 1.28 bits per heavy atom. The zero-order chi connectivity index (χ0) is 21.6. The van der Waals surface area contributed by atoms with Crippen molar-refractivity contribution < 1.29 is 19.8 Å². The van der Waals surface area contributed by atoms with Crippen LogP contribution in [-0.2, 0) is 9.59 Å². The molecule has 2 fully saturated rings. The Labute approximate surface area is 190 Å². The van der Waals surface area contributed by atoms with Gasteiger partial charge in [0.2, 0.25) is 0 Å². The maximum Gasteiger partial charge on any atom is 0.304 e. The van der Waals surface area contributed by atoms with Crippen molar-refractivity contribution in [1.82, 2.24) is 19.6 Å². The van der Waals surface area contributed by atoms with Gasteiger partial charge in [-0.2, -0.15) is 0 Å². The minimum Gasteiger partial charge on any atom is -0.481 e. The van der Waals surface area contributed by atoms with Gasteiger partial charge in [-0.25, -0.2) is 0 Å². The van der Waals surface area contributed by atoms with Gasteiger partial charge in [-0.3, -0.25) is 19.4 Å². The van der Waals surface area contributed by atoms with Gasteiger partial charge in [0.1, 0.15) is 8.64 Å². The van der Waals surface area contributed by atoms with E-state index in [2.05, 4.69) is 33.4 Å². The van der Waals surface area contributed by atoms with Gasteiger partial charge in [0, 0.05) is 26.2 Å². The molecule has 0 spiro atoms. The third-order valence-electron chi connectivity index (χ3n) is 4.52. The molecule has 2 saturated heterocycles. The fourth-order valence-corrected chi connectivity index (χ4v) is 5.42. The average molecular weight is 481 g/mol. The van der Waals surface area contributed by atoms with Crippen LogP contribution in [0.2, 0.25) is 0 Å². The molecule has 0 aromatic rings. The van der Waals surface area contributed by atoms with Crippen LogP contribution < -0.4 is 0 Å². The number of hydrogen-bond acceptors (Lipinski definition) is 8. The molecular formula is C17H28N4O4S4. The standard InChI is InChI=1S/C17H28N4O4S4/c1-17(2,7-20-9-18(5-3-13(22)23)11-28-15(20)26)8-21-10-19(6-4-14(24)25)12-29-16(21)27/h3-12H2,1-2H3,(H,22,23)(H,24,25). The lowest BCUT2D eigenvalue weighted by molar-refractivity contribution is -0.138. The topological polar surface area (TPSA) is 87.6 Å². The predicted molar refractivity (Wildman–Crippen MR) is 125 cm³/mol. The first kappa shape index (κ1) is 24.6. The Hall–Kier alpha value is -0.660. The SMILES string of the molecule is CC(C)(CN1CN(CCC(=O)O)CSC1=S)CN1CN(CCC(=O)O)CSC1=S. The third kappa shape index (κ3) is 8.54. The maximum absolute atomic E-state index is 10.9. The summed E-state index contributed by atoms with van der Waals surface area (Å²) < 4.78 is 1.67. The van der Waals surface area contributed by atoms with Crippen LogP contribution in [0.4, 0.5) is 0 Å². The highest BCUT2D eigenvalue weighted by Gasteiger charge is 2.32. The Morgan fingerprint density at radius 1 is 0.897 bits per heavy atom. The molecule has 2 rings (SSSR count). The first-order valence-electron chi connectivity index (χ1n) is 9.27. The van der Waals surface area contributed by atoms with E-state index in [1.165, 1.54) is 0 Å². The average Bonchev–Trinajstić information content (AvgIpc) is 2.62. The summed E-state index contributed by atoms with van der Waals surface area (Å²) in [6, 6.07) is 0. The number of nitrogens with zero attached hydrogens (tertiary/aromatic N) is 4. The van der Waals surface area contributed by atoms with Crippen LogP contribution in [0.1, 0.15) is 26.7 Å². The van der Waals surface area contributed by atoms with E-state index < -0.39 is 11.9 Å². The summed E-state index contributed by atoms with van der Waals surface area (Å²) >= 11 is 14.2. The number of aliphatic carboxylic acids is 2. The van der Waals surface area contributed by atoms with Crippen LogP contribution in [-0.4, -0.2) is 102 Å². The van der Waals surface area contributed by atoms with Crippen molar-refractivity contribution in [2.75, 3.05) is 51.3 Å². The fourth-order valence-electron chi connectivity index (χ4n) is 3.25. The van der Waals surface area contributed by atoms with Crippen molar-refractivity contribution in [3.05, 3.63) is 0 Å². The van der Waals surface area contributed by atoms with Crippen molar-refractivity contribution in [2.24, 2.45) is 5.41 Å². The number of carbonyl (C=O) groups is 2. The first-order valence-corrected chi connectivity index (χ1v) is 12.1. The lowest BCUT2D eigenvalue weighted by atomic mass is 9.92. The third-order valence-corrected chi connectivity index (χ3v) is 7.74. The highest BCUT2D eigenvalue weighted by molar-refractivity contribution is 8.23. The molecule has 12 heteroatoms. The van der Waals surface area contributed by atoms with Crippen molar-refractivity contribution >= 4 is 68.5 Å². The molecule has 2 heterocycles. The summed E-state index contributed by atoms with van der Waals surface area (Å²) in [6.45, 7) is 8.09. The van der Waals surface area contributed by atoms with E-state index in [-0.39, 0.29) is 18.3 Å². The van der Waals surface area contributed by atoms with E-state index in [1.807, 2.05) is 0 Å². The molecule has 0 aliphatic carbocycles. The predicted octanol–water partition coefficient (Wildman–Crippen LogP) is 2.06. The molecule has 0 saturated carbocycles. The van der Waals surface area contributed by atoms with E-state index in [9.17, 15) is 9.59 Å². The van der Waals surface area contributed by atoms with E-state index >= 15 is 0 Å². The maximum atomic E-state index is 10.9. The van der Waals surface area contributed by atoms with Gasteiger partial charge >= 0.3 is 11.9 Å². The van der Waals surface area contributed by atoms with Crippen molar-refractivity contribution in [2.45, 2.75) is 26.7 Å². The van der Waals surface area contributed by atoms with Crippen molar-refractivity contribution in [1.29, 1.82) is 0 Å². The Bertz CT molecular complexity index is 597. The quantitative estimate of drug-likeness (QED) is 0.449. The van der Waals surface area contributed by atoms with Crippen LogP contribution >= 0.6 is 48.0 Å². The largest absolute Gasteiger partial charge is 0.481 e. The molecule has 0 radical (unpaired) electrons. The summed E-state index contributed by atoms with van der Waals surface area (Å²) in [5, 5.41) is 17.8. The summed E-state index contributed by atoms with van der Waals surface area (Å²) in [5.74, 6) is -0.153. The van der Waals surface area contributed by atoms with Crippen molar-refractivity contribution in [3.63, 3.8) is 0 Å². The van der Waals surface area contributed by atoms with Crippen LogP contribution in [0, 0.1) is 5.41 Å². The number of carboxylic acids is 2. The highest BCUT2D eigenvalue weighted by atomic mass is 32.2. The molecule has 0 aromatic heterocycles. The Kier molecular flexibility index (Phi) is 9.42. The fraction of sp³-hybridized carbons (Fsp3) is 0.765. The summed E-state index contributed by atoms with van der Waals surface area (Å²) in [5.41, 5.74) is -0.110. The second kappa shape index (κ2) is 11.1. The van der Waals surface area contributed by atoms with E-state index in [0.29, 0.717) is 38.2 Å². The number of hydrogen-bond donors (Lipinski definition) is 2. The van der Waals surface area contributed by atoms with Crippen LogP contribution in [0.3, 0.4) is 0 Å². The molecule has 0 amide bonds. The van der Waals surface area contributed by atoms with Gasteiger partial charge < -0.3 is 20.0 Å². The summed E-state index contributed by atoms with van der Waals surface area (Å²) in [4.78, 5) is 30.2. The zero-order valence-corrected chi connectivity index (χ0v) is 20.0. The molecule has 2 N–H and O–H groups in total. The smallest absolute Gasteiger partial charge is 0.304 e. The summed E-state index contributed by atoms with van der Waals surface area (Å²) in [6.07, 6.45) is 0.242. The second-order valence-electron chi connectivity index (χ2n) is 8.00.